The van der Waals surface area contributed by atoms with E-state index >= 15 is 0 Å². The smallest absolute Gasteiger partial charge is 0.109 e. The van der Waals surface area contributed by atoms with Gasteiger partial charge in [0.05, 0.1) is 0 Å². The molecule has 0 aromatic heterocycles. The fourth-order valence-corrected chi connectivity index (χ4v) is 3.38. The molecule has 1 spiro atoms. The summed E-state index contributed by atoms with van der Waals surface area (Å²) in [6.07, 6.45) is 3.58. The van der Waals surface area contributed by atoms with Crippen LogP contribution in [-0.4, -0.2) is 53.9 Å². The Kier molecular flexibility index (Phi) is 4.11. The highest BCUT2D eigenvalue weighted by molar-refractivity contribution is 4.98. The summed E-state index contributed by atoms with van der Waals surface area (Å²) in [5.41, 5.74) is 0.600. The molecule has 1 N–H and O–H groups in total. The van der Waals surface area contributed by atoms with Crippen LogP contribution in [0.3, 0.4) is 0 Å². The minimum Gasteiger partial charge on any atom is -0.378 e. The monoisotopic (exact) mass is 240 g/mol. The van der Waals surface area contributed by atoms with Crippen molar-refractivity contribution >= 4 is 0 Å². The second-order valence-electron chi connectivity index (χ2n) is 6.40. The molecular weight excluding hydrogens is 212 g/mol. The zero-order valence-electron chi connectivity index (χ0n) is 11.7. The van der Waals surface area contributed by atoms with Gasteiger partial charge in [0.25, 0.3) is 0 Å². The molecule has 2 aliphatic heterocycles. The number of piperidine rings is 1. The molecule has 2 fully saturated rings. The number of hydrogen-bond acceptors (Lipinski definition) is 3. The van der Waals surface area contributed by atoms with E-state index < -0.39 is 0 Å². The quantitative estimate of drug-likeness (QED) is 0.811. The van der Waals surface area contributed by atoms with E-state index in [4.69, 9.17) is 0 Å². The van der Waals surface area contributed by atoms with Crippen molar-refractivity contribution in [2.45, 2.75) is 46.3 Å². The minimum absolute atomic E-state index is 0.237. The van der Waals surface area contributed by atoms with E-state index in [9.17, 15) is 5.11 Å². The summed E-state index contributed by atoms with van der Waals surface area (Å²) < 4.78 is 0. The number of hydrogen-bond donors (Lipinski definition) is 1. The lowest BCUT2D eigenvalue weighted by molar-refractivity contribution is -0.0981. The summed E-state index contributed by atoms with van der Waals surface area (Å²) in [5, 5.41) is 10.1. The van der Waals surface area contributed by atoms with Crippen molar-refractivity contribution in [3.63, 3.8) is 0 Å². The lowest BCUT2D eigenvalue weighted by Gasteiger charge is -2.55. The fraction of sp³-hybridized carbons (Fsp3) is 1.00. The van der Waals surface area contributed by atoms with Gasteiger partial charge in [-0.25, -0.2) is 0 Å². The van der Waals surface area contributed by atoms with Crippen LogP contribution >= 0.6 is 0 Å². The van der Waals surface area contributed by atoms with Crippen molar-refractivity contribution in [2.24, 2.45) is 11.3 Å². The normalized spacial score (nSPS) is 27.4. The van der Waals surface area contributed by atoms with E-state index in [1.807, 2.05) is 0 Å². The number of likely N-dealkylation sites (tertiary alicyclic amines) is 2. The maximum Gasteiger partial charge on any atom is 0.109 e. The van der Waals surface area contributed by atoms with Crippen LogP contribution in [0.1, 0.15) is 40.0 Å². The zero-order chi connectivity index (χ0) is 12.5. The molecule has 2 saturated heterocycles. The average molecular weight is 240 g/mol. The maximum absolute atomic E-state index is 10.1. The van der Waals surface area contributed by atoms with Crippen molar-refractivity contribution in [1.82, 2.24) is 9.80 Å². The molecule has 1 atom stereocenters. The van der Waals surface area contributed by atoms with E-state index in [2.05, 4.69) is 30.6 Å². The van der Waals surface area contributed by atoms with Crippen molar-refractivity contribution in [3.8, 4) is 0 Å². The third-order valence-electron chi connectivity index (χ3n) is 4.49. The molecule has 100 valence electrons. The van der Waals surface area contributed by atoms with Gasteiger partial charge in [-0.1, -0.05) is 20.8 Å². The fourth-order valence-electron chi connectivity index (χ4n) is 3.38. The molecule has 2 rings (SSSR count). The van der Waals surface area contributed by atoms with Gasteiger partial charge in [-0.05, 0) is 37.1 Å². The molecule has 2 heterocycles. The van der Waals surface area contributed by atoms with E-state index in [0.717, 1.165) is 13.1 Å². The van der Waals surface area contributed by atoms with Gasteiger partial charge in [0, 0.05) is 26.2 Å². The Morgan fingerprint density at radius 3 is 2.24 bits per heavy atom. The second kappa shape index (κ2) is 5.25. The van der Waals surface area contributed by atoms with Crippen LogP contribution in [0.15, 0.2) is 0 Å². The zero-order valence-corrected chi connectivity index (χ0v) is 11.7. The number of aliphatic hydroxyl groups is 1. The van der Waals surface area contributed by atoms with E-state index in [1.165, 1.54) is 38.9 Å². The predicted octanol–water partition coefficient (Wildman–Crippen LogP) is 1.77. The molecular formula is C14H28N2O. The Morgan fingerprint density at radius 2 is 1.76 bits per heavy atom. The molecule has 0 saturated carbocycles. The third-order valence-corrected chi connectivity index (χ3v) is 4.49. The van der Waals surface area contributed by atoms with Crippen LogP contribution in [0.5, 0.6) is 0 Å². The Labute approximate surface area is 106 Å². The summed E-state index contributed by atoms with van der Waals surface area (Å²) in [4.78, 5) is 4.84. The Morgan fingerprint density at radius 1 is 1.18 bits per heavy atom. The molecule has 3 nitrogen and oxygen atoms in total. The van der Waals surface area contributed by atoms with Crippen LogP contribution in [0.2, 0.25) is 0 Å². The first-order chi connectivity index (χ1) is 8.06. The summed E-state index contributed by atoms with van der Waals surface area (Å²) in [7, 11) is 0. The Hall–Kier alpha value is -0.120. The number of rotatable bonds is 4. The topological polar surface area (TPSA) is 26.7 Å². The molecule has 0 radical (unpaired) electrons. The lowest BCUT2D eigenvalue weighted by atomic mass is 9.72. The van der Waals surface area contributed by atoms with Gasteiger partial charge in [0.15, 0.2) is 0 Å². The molecule has 1 unspecified atom stereocenters. The average Bonchev–Trinajstić information content (AvgIpc) is 2.27. The largest absolute Gasteiger partial charge is 0.378 e. The molecule has 0 aromatic carbocycles. The predicted molar refractivity (Wildman–Crippen MR) is 70.8 cm³/mol. The van der Waals surface area contributed by atoms with Crippen LogP contribution in [0, 0.1) is 11.3 Å². The highest BCUT2D eigenvalue weighted by Crippen LogP contribution is 2.40. The number of aliphatic hydroxyl groups excluding tert-OH is 1. The summed E-state index contributed by atoms with van der Waals surface area (Å²) in [6, 6.07) is 0. The molecule has 0 amide bonds. The van der Waals surface area contributed by atoms with Crippen LogP contribution in [0.4, 0.5) is 0 Å². The highest BCUT2D eigenvalue weighted by atomic mass is 16.3. The van der Waals surface area contributed by atoms with E-state index in [0.29, 0.717) is 11.3 Å². The van der Waals surface area contributed by atoms with Crippen LogP contribution in [-0.2, 0) is 0 Å². The lowest BCUT2D eigenvalue weighted by Crippen LogP contribution is -2.61. The van der Waals surface area contributed by atoms with Gasteiger partial charge in [-0.3, -0.25) is 4.90 Å². The van der Waals surface area contributed by atoms with Gasteiger partial charge in [0.2, 0.25) is 0 Å². The molecule has 3 heteroatoms. The van der Waals surface area contributed by atoms with Gasteiger partial charge in [-0.15, -0.1) is 0 Å². The van der Waals surface area contributed by atoms with Gasteiger partial charge in [-0.2, -0.15) is 0 Å². The number of nitrogens with zero attached hydrogens (tertiary/aromatic N) is 2. The van der Waals surface area contributed by atoms with E-state index in [1.54, 1.807) is 0 Å². The van der Waals surface area contributed by atoms with Crippen LogP contribution < -0.4 is 0 Å². The third kappa shape index (κ3) is 2.83. The highest BCUT2D eigenvalue weighted by Gasteiger charge is 2.44. The standard InChI is InChI=1S/C14H28N2O/c1-4-7-15-10-14(11-15)5-8-16(9-6-14)13(17)12(2)3/h12-13,17H,4-11H2,1-3H3. The maximum atomic E-state index is 10.1. The van der Waals surface area contributed by atoms with E-state index in [-0.39, 0.29) is 6.23 Å². The van der Waals surface area contributed by atoms with Crippen molar-refractivity contribution in [3.05, 3.63) is 0 Å². The SMILES string of the molecule is CCCN1CC2(CCN(C(O)C(C)C)CC2)C1. The first-order valence-electron chi connectivity index (χ1n) is 7.21. The summed E-state index contributed by atoms with van der Waals surface area (Å²) in [5.74, 6) is 0.349. The minimum atomic E-state index is -0.237. The molecule has 17 heavy (non-hydrogen) atoms. The summed E-state index contributed by atoms with van der Waals surface area (Å²) >= 11 is 0. The van der Waals surface area contributed by atoms with Crippen molar-refractivity contribution in [1.29, 1.82) is 0 Å². The van der Waals surface area contributed by atoms with Gasteiger partial charge in [0.1, 0.15) is 6.23 Å². The first kappa shape index (κ1) is 13.3. The molecule has 0 aromatic rings. The first-order valence-corrected chi connectivity index (χ1v) is 7.21. The second-order valence-corrected chi connectivity index (χ2v) is 6.40. The summed E-state index contributed by atoms with van der Waals surface area (Å²) in [6.45, 7) is 12.5. The van der Waals surface area contributed by atoms with Gasteiger partial charge < -0.3 is 10.0 Å². The van der Waals surface area contributed by atoms with Crippen molar-refractivity contribution < 1.29 is 5.11 Å². The molecule has 0 aliphatic carbocycles. The van der Waals surface area contributed by atoms with Crippen LogP contribution in [0.25, 0.3) is 0 Å². The van der Waals surface area contributed by atoms with Gasteiger partial charge >= 0.3 is 0 Å². The molecule has 2 aliphatic rings. The van der Waals surface area contributed by atoms with Crippen molar-refractivity contribution in [2.75, 3.05) is 32.7 Å². The Bertz CT molecular complexity index is 239. The molecule has 0 bridgehead atoms. The Balaban J connectivity index is 1.76.